The van der Waals surface area contributed by atoms with Crippen molar-refractivity contribution < 1.29 is 9.47 Å². The highest BCUT2D eigenvalue weighted by molar-refractivity contribution is 5.82. The molecule has 0 heterocycles. The third-order valence-corrected chi connectivity index (χ3v) is 7.56. The topological polar surface area (TPSA) is 18.5 Å². The molecule has 0 atom stereocenters. The Balaban J connectivity index is 1.72. The highest BCUT2D eigenvalue weighted by Crippen LogP contribution is 2.55. The molecular formula is C33H28O2. The minimum Gasteiger partial charge on any atom is -0.497 e. The lowest BCUT2D eigenvalue weighted by Crippen LogP contribution is -2.37. The van der Waals surface area contributed by atoms with E-state index < -0.39 is 5.41 Å². The summed E-state index contributed by atoms with van der Waals surface area (Å²) in [5, 5.41) is 0. The van der Waals surface area contributed by atoms with Crippen LogP contribution in [-0.4, -0.2) is 14.2 Å². The molecule has 0 aromatic heterocycles. The lowest BCUT2D eigenvalue weighted by Gasteiger charge is -2.42. The number of fused-ring (bicyclic) bond motifs is 3. The van der Waals surface area contributed by atoms with E-state index in [1.807, 2.05) is 0 Å². The fourth-order valence-electron chi connectivity index (χ4n) is 6.09. The number of rotatable bonds is 6. The molecule has 35 heavy (non-hydrogen) atoms. The van der Waals surface area contributed by atoms with Gasteiger partial charge in [-0.3, -0.25) is 0 Å². The molecule has 0 saturated carbocycles. The maximum absolute atomic E-state index is 6.15. The van der Waals surface area contributed by atoms with Crippen LogP contribution in [-0.2, 0) is 11.8 Å². The Morgan fingerprint density at radius 2 is 1.31 bits per heavy atom. The number of hydrogen-bond donors (Lipinski definition) is 0. The Kier molecular flexibility index (Phi) is 5.30. The molecule has 172 valence electrons. The van der Waals surface area contributed by atoms with Gasteiger partial charge in [-0.25, -0.2) is 0 Å². The third-order valence-electron chi connectivity index (χ3n) is 7.56. The molecule has 0 fully saturated rings. The van der Waals surface area contributed by atoms with E-state index in [4.69, 9.17) is 9.47 Å². The molecule has 2 aliphatic rings. The molecule has 4 aromatic carbocycles. The molecule has 2 nitrogen and oxygen atoms in total. The summed E-state index contributed by atoms with van der Waals surface area (Å²) in [4.78, 5) is 0. The van der Waals surface area contributed by atoms with Crippen LogP contribution in [0.4, 0.5) is 0 Å². The highest BCUT2D eigenvalue weighted by Gasteiger charge is 2.46. The maximum Gasteiger partial charge on any atom is 0.123 e. The number of hydrogen-bond acceptors (Lipinski definition) is 2. The van der Waals surface area contributed by atoms with Crippen LogP contribution >= 0.6 is 0 Å². The van der Waals surface area contributed by atoms with Gasteiger partial charge in [0.05, 0.1) is 19.6 Å². The van der Waals surface area contributed by atoms with E-state index in [1.165, 1.54) is 38.9 Å². The van der Waals surface area contributed by atoms with Crippen molar-refractivity contribution in [3.05, 3.63) is 143 Å². The lowest BCUT2D eigenvalue weighted by atomic mass is 9.60. The largest absolute Gasteiger partial charge is 0.497 e. The van der Waals surface area contributed by atoms with Gasteiger partial charge in [0, 0.05) is 11.5 Å². The Labute approximate surface area is 207 Å². The monoisotopic (exact) mass is 456 g/mol. The van der Waals surface area contributed by atoms with E-state index in [1.54, 1.807) is 14.2 Å². The van der Waals surface area contributed by atoms with Gasteiger partial charge in [-0.15, -0.1) is 0 Å². The van der Waals surface area contributed by atoms with Crippen LogP contribution in [0.5, 0.6) is 11.5 Å². The molecule has 0 aliphatic heterocycles. The van der Waals surface area contributed by atoms with Crippen LogP contribution in [0.2, 0.25) is 0 Å². The predicted molar refractivity (Wildman–Crippen MR) is 142 cm³/mol. The van der Waals surface area contributed by atoms with E-state index in [9.17, 15) is 0 Å². The Morgan fingerprint density at radius 3 is 1.91 bits per heavy atom. The third kappa shape index (κ3) is 3.24. The lowest BCUT2D eigenvalue weighted by molar-refractivity contribution is 0.393. The van der Waals surface area contributed by atoms with Gasteiger partial charge in [-0.05, 0) is 58.0 Å². The minimum absolute atomic E-state index is 0.144. The first-order valence-corrected chi connectivity index (χ1v) is 12.1. The summed E-state index contributed by atoms with van der Waals surface area (Å²) in [7, 11) is 3.52. The van der Waals surface area contributed by atoms with Gasteiger partial charge >= 0.3 is 0 Å². The van der Waals surface area contributed by atoms with Gasteiger partial charge in [0.1, 0.15) is 11.5 Å². The second-order valence-electron chi connectivity index (χ2n) is 9.20. The summed E-state index contributed by atoms with van der Waals surface area (Å²) < 4.78 is 11.7. The zero-order chi connectivity index (χ0) is 23.8. The number of benzene rings is 4. The Hall–Kier alpha value is -4.04. The molecule has 0 bridgehead atoms. The molecule has 0 radical (unpaired) electrons. The van der Waals surface area contributed by atoms with Crippen molar-refractivity contribution in [2.75, 3.05) is 14.2 Å². The zero-order valence-corrected chi connectivity index (χ0v) is 20.1. The smallest absolute Gasteiger partial charge is 0.123 e. The van der Waals surface area contributed by atoms with Crippen molar-refractivity contribution in [1.29, 1.82) is 0 Å². The summed E-state index contributed by atoms with van der Waals surface area (Å²) >= 11 is 0. The predicted octanol–water partition coefficient (Wildman–Crippen LogP) is 7.35. The van der Waals surface area contributed by atoms with Crippen molar-refractivity contribution in [1.82, 2.24) is 0 Å². The van der Waals surface area contributed by atoms with Crippen LogP contribution < -0.4 is 9.47 Å². The van der Waals surface area contributed by atoms with Crippen molar-refractivity contribution in [2.24, 2.45) is 5.92 Å². The summed E-state index contributed by atoms with van der Waals surface area (Å²) in [6, 6.07) is 32.6. The van der Waals surface area contributed by atoms with Crippen LogP contribution in [0.3, 0.4) is 0 Å². The second-order valence-corrected chi connectivity index (χ2v) is 9.20. The van der Waals surface area contributed by atoms with Gasteiger partial charge in [-0.2, -0.15) is 0 Å². The van der Waals surface area contributed by atoms with Crippen molar-refractivity contribution >= 4 is 0 Å². The molecule has 2 heteroatoms. The molecular weight excluding hydrogens is 428 g/mol. The first-order chi connectivity index (χ1) is 17.3. The normalized spacial score (nSPS) is 14.1. The SMILES string of the molecule is COc1ccc2c(c1)Cc1c-2ccc(OC)c1C(c1ccccc1)(c1ccccc1)C1C=CC=C1. The van der Waals surface area contributed by atoms with Crippen molar-refractivity contribution in [3.63, 3.8) is 0 Å². The first kappa shape index (κ1) is 21.5. The fourth-order valence-corrected chi connectivity index (χ4v) is 6.09. The van der Waals surface area contributed by atoms with E-state index in [-0.39, 0.29) is 5.92 Å². The summed E-state index contributed by atoms with van der Waals surface area (Å²) in [6.07, 6.45) is 9.82. The minimum atomic E-state index is -0.450. The van der Waals surface area contributed by atoms with E-state index in [2.05, 4.69) is 115 Å². The average molecular weight is 457 g/mol. The zero-order valence-electron chi connectivity index (χ0n) is 20.1. The van der Waals surface area contributed by atoms with Crippen molar-refractivity contribution in [2.45, 2.75) is 11.8 Å². The summed E-state index contributed by atoms with van der Waals surface area (Å²) in [5.74, 6) is 1.96. The second kappa shape index (κ2) is 8.63. The molecule has 0 unspecified atom stereocenters. The van der Waals surface area contributed by atoms with E-state index in [0.717, 1.165) is 17.9 Å². The quantitative estimate of drug-likeness (QED) is 0.249. The van der Waals surface area contributed by atoms with E-state index in [0.29, 0.717) is 0 Å². The van der Waals surface area contributed by atoms with Crippen LogP contribution in [0.1, 0.15) is 27.8 Å². The van der Waals surface area contributed by atoms with Gasteiger partial charge < -0.3 is 9.47 Å². The average Bonchev–Trinajstić information content (AvgIpc) is 3.59. The summed E-state index contributed by atoms with van der Waals surface area (Å²) in [5.41, 5.74) is 8.48. The number of methoxy groups -OCH3 is 2. The van der Waals surface area contributed by atoms with Crippen molar-refractivity contribution in [3.8, 4) is 22.6 Å². The molecule has 0 saturated heterocycles. The Bertz CT molecular complexity index is 1380. The van der Waals surface area contributed by atoms with Crippen LogP contribution in [0, 0.1) is 5.92 Å². The van der Waals surface area contributed by atoms with Gasteiger partial charge in [-0.1, -0.05) is 97.1 Å². The van der Waals surface area contributed by atoms with Crippen LogP contribution in [0.25, 0.3) is 11.1 Å². The maximum atomic E-state index is 6.15. The number of ether oxygens (including phenoxy) is 2. The fraction of sp³-hybridized carbons (Fsp3) is 0.152. The molecule has 0 spiro atoms. The Morgan fingerprint density at radius 1 is 0.686 bits per heavy atom. The van der Waals surface area contributed by atoms with Gasteiger partial charge in [0.25, 0.3) is 0 Å². The van der Waals surface area contributed by atoms with Gasteiger partial charge in [0.2, 0.25) is 0 Å². The number of allylic oxidation sites excluding steroid dienone is 4. The molecule has 0 N–H and O–H groups in total. The van der Waals surface area contributed by atoms with E-state index >= 15 is 0 Å². The molecule has 0 amide bonds. The molecule has 4 aromatic rings. The standard InChI is InChI=1S/C33H28O2/c1-34-27-17-18-28-23(21-27)22-30-29(28)19-20-31(35-2)32(30)33(26-15-9-10-16-26,24-11-5-3-6-12-24)25-13-7-4-8-14-25/h3-21,26H,22H2,1-2H3. The highest BCUT2D eigenvalue weighted by atomic mass is 16.5. The van der Waals surface area contributed by atoms with Crippen LogP contribution in [0.15, 0.2) is 115 Å². The molecule has 2 aliphatic carbocycles. The summed E-state index contributed by atoms with van der Waals surface area (Å²) in [6.45, 7) is 0. The first-order valence-electron chi connectivity index (χ1n) is 12.1. The van der Waals surface area contributed by atoms with Gasteiger partial charge in [0.15, 0.2) is 0 Å². The molecule has 6 rings (SSSR count).